The van der Waals surface area contributed by atoms with Gasteiger partial charge in [0.05, 0.1) is 0 Å². The first-order chi connectivity index (χ1) is 6.81. The molecule has 0 aliphatic carbocycles. The molecule has 0 saturated carbocycles. The van der Waals surface area contributed by atoms with Crippen molar-refractivity contribution >= 4 is 10.9 Å². The van der Waals surface area contributed by atoms with Crippen LogP contribution in [0, 0.1) is 5.92 Å². The van der Waals surface area contributed by atoms with Crippen LogP contribution in [0.2, 0.25) is 0 Å². The summed E-state index contributed by atoms with van der Waals surface area (Å²) in [5.41, 5.74) is 1.35. The minimum atomic E-state index is 0.755. The monoisotopic (exact) mass is 187 g/mol. The van der Waals surface area contributed by atoms with Gasteiger partial charge in [0.15, 0.2) is 0 Å². The Labute approximate surface area is 85.4 Å². The third kappa shape index (κ3) is 1.67. The first kappa shape index (κ1) is 9.32. The van der Waals surface area contributed by atoms with Crippen LogP contribution in [0.25, 0.3) is 10.9 Å². The van der Waals surface area contributed by atoms with E-state index in [4.69, 9.17) is 0 Å². The van der Waals surface area contributed by atoms with E-state index in [0.717, 1.165) is 12.5 Å². The van der Waals surface area contributed by atoms with Crippen LogP contribution < -0.4 is 0 Å². The van der Waals surface area contributed by atoms with Gasteiger partial charge < -0.3 is 4.57 Å². The number of rotatable bonds is 3. The maximum absolute atomic E-state index is 2.35. The van der Waals surface area contributed by atoms with Gasteiger partial charge in [0, 0.05) is 18.3 Å². The highest BCUT2D eigenvalue weighted by Crippen LogP contribution is 2.17. The molecule has 1 unspecified atom stereocenters. The molecule has 0 aliphatic heterocycles. The molecule has 1 aromatic heterocycles. The van der Waals surface area contributed by atoms with Crippen LogP contribution in [0.4, 0.5) is 0 Å². The van der Waals surface area contributed by atoms with E-state index in [1.807, 2.05) is 0 Å². The number of aromatic nitrogens is 1. The van der Waals surface area contributed by atoms with E-state index >= 15 is 0 Å². The number of benzene rings is 1. The highest BCUT2D eigenvalue weighted by molar-refractivity contribution is 5.79. The molecule has 1 aromatic carbocycles. The van der Waals surface area contributed by atoms with E-state index in [0.29, 0.717) is 0 Å². The molecule has 1 atom stereocenters. The van der Waals surface area contributed by atoms with Crippen molar-refractivity contribution in [1.29, 1.82) is 0 Å². The molecule has 1 heterocycles. The van der Waals surface area contributed by atoms with Gasteiger partial charge in [-0.15, -0.1) is 0 Å². The fourth-order valence-corrected chi connectivity index (χ4v) is 1.76. The molecule has 0 N–H and O–H groups in total. The van der Waals surface area contributed by atoms with Gasteiger partial charge in [0.25, 0.3) is 0 Å². The number of hydrogen-bond acceptors (Lipinski definition) is 0. The molecule has 74 valence electrons. The molecule has 2 rings (SSSR count). The number of para-hydroxylation sites is 1. The van der Waals surface area contributed by atoms with Gasteiger partial charge in [-0.05, 0) is 23.4 Å². The third-order valence-electron chi connectivity index (χ3n) is 2.89. The Morgan fingerprint density at radius 2 is 2.00 bits per heavy atom. The predicted molar refractivity (Wildman–Crippen MR) is 61.4 cm³/mol. The Morgan fingerprint density at radius 1 is 1.21 bits per heavy atom. The molecule has 0 fully saturated rings. The quantitative estimate of drug-likeness (QED) is 0.690. The van der Waals surface area contributed by atoms with E-state index in [1.165, 1.54) is 17.3 Å². The molecule has 1 nitrogen and oxygen atoms in total. The number of fused-ring (bicyclic) bond motifs is 1. The first-order valence-electron chi connectivity index (χ1n) is 5.35. The third-order valence-corrected chi connectivity index (χ3v) is 2.89. The minimum Gasteiger partial charge on any atom is -0.347 e. The minimum absolute atomic E-state index is 0.755. The Bertz CT molecular complexity index is 414. The van der Waals surface area contributed by atoms with E-state index in [2.05, 4.69) is 54.9 Å². The molecular weight excluding hydrogens is 170 g/mol. The Kier molecular flexibility index (Phi) is 2.58. The summed E-state index contributed by atoms with van der Waals surface area (Å²) in [5, 5.41) is 1.34. The van der Waals surface area contributed by atoms with E-state index < -0.39 is 0 Å². The van der Waals surface area contributed by atoms with Crippen molar-refractivity contribution in [3.63, 3.8) is 0 Å². The lowest BCUT2D eigenvalue weighted by Gasteiger charge is -2.10. The molecule has 2 aromatic rings. The average Bonchev–Trinajstić information content (AvgIpc) is 2.62. The van der Waals surface area contributed by atoms with E-state index in [-0.39, 0.29) is 0 Å². The molecular formula is C13H17N. The van der Waals surface area contributed by atoms with Gasteiger partial charge >= 0.3 is 0 Å². The first-order valence-corrected chi connectivity index (χ1v) is 5.35. The van der Waals surface area contributed by atoms with Gasteiger partial charge in [0.1, 0.15) is 0 Å². The summed E-state index contributed by atoms with van der Waals surface area (Å²) in [6, 6.07) is 10.8. The second kappa shape index (κ2) is 3.87. The smallest absolute Gasteiger partial charge is 0.0480 e. The zero-order valence-corrected chi connectivity index (χ0v) is 8.90. The van der Waals surface area contributed by atoms with Gasteiger partial charge in [-0.25, -0.2) is 0 Å². The van der Waals surface area contributed by atoms with Crippen molar-refractivity contribution < 1.29 is 0 Å². The van der Waals surface area contributed by atoms with Crippen molar-refractivity contribution in [2.45, 2.75) is 26.8 Å². The second-order valence-electron chi connectivity index (χ2n) is 4.04. The van der Waals surface area contributed by atoms with Crippen molar-refractivity contribution in [3.05, 3.63) is 36.5 Å². The van der Waals surface area contributed by atoms with Crippen LogP contribution in [-0.2, 0) is 6.54 Å². The summed E-state index contributed by atoms with van der Waals surface area (Å²) in [6.07, 6.45) is 3.43. The van der Waals surface area contributed by atoms with Crippen LogP contribution >= 0.6 is 0 Å². The fourth-order valence-electron chi connectivity index (χ4n) is 1.76. The molecule has 0 amide bonds. The highest BCUT2D eigenvalue weighted by Gasteiger charge is 2.03. The van der Waals surface area contributed by atoms with Crippen LogP contribution in [0.3, 0.4) is 0 Å². The van der Waals surface area contributed by atoms with Crippen molar-refractivity contribution in [2.75, 3.05) is 0 Å². The standard InChI is InChI=1S/C13H17N/c1-3-11(2)10-14-9-8-12-6-4-5-7-13(12)14/h4-9,11H,3,10H2,1-2H3. The van der Waals surface area contributed by atoms with Gasteiger partial charge in [0.2, 0.25) is 0 Å². The summed E-state index contributed by atoms with van der Waals surface area (Å²) in [4.78, 5) is 0. The summed E-state index contributed by atoms with van der Waals surface area (Å²) in [6.45, 7) is 5.68. The molecule has 0 spiro atoms. The summed E-state index contributed by atoms with van der Waals surface area (Å²) in [5.74, 6) is 0.755. The predicted octanol–water partition coefficient (Wildman–Crippen LogP) is 3.69. The molecule has 0 bridgehead atoms. The van der Waals surface area contributed by atoms with E-state index in [1.54, 1.807) is 0 Å². The molecule has 0 aliphatic rings. The lowest BCUT2D eigenvalue weighted by molar-refractivity contribution is 0.477. The van der Waals surface area contributed by atoms with Gasteiger partial charge in [-0.3, -0.25) is 0 Å². The second-order valence-corrected chi connectivity index (χ2v) is 4.04. The Balaban J connectivity index is 2.33. The molecule has 14 heavy (non-hydrogen) atoms. The molecule has 0 saturated heterocycles. The topological polar surface area (TPSA) is 4.93 Å². The van der Waals surface area contributed by atoms with Crippen molar-refractivity contribution in [1.82, 2.24) is 4.57 Å². The number of nitrogens with zero attached hydrogens (tertiary/aromatic N) is 1. The van der Waals surface area contributed by atoms with E-state index in [9.17, 15) is 0 Å². The van der Waals surface area contributed by atoms with Crippen LogP contribution in [0.5, 0.6) is 0 Å². The largest absolute Gasteiger partial charge is 0.347 e. The lowest BCUT2D eigenvalue weighted by atomic mass is 10.1. The maximum atomic E-state index is 2.35. The average molecular weight is 187 g/mol. The molecule has 0 radical (unpaired) electrons. The van der Waals surface area contributed by atoms with Gasteiger partial charge in [-0.2, -0.15) is 0 Å². The normalized spacial score (nSPS) is 13.3. The lowest BCUT2D eigenvalue weighted by Crippen LogP contribution is -2.04. The zero-order chi connectivity index (χ0) is 9.97. The fraction of sp³-hybridized carbons (Fsp3) is 0.385. The summed E-state index contributed by atoms with van der Waals surface area (Å²) < 4.78 is 2.35. The SMILES string of the molecule is CCC(C)Cn1ccc2ccccc21. The van der Waals surface area contributed by atoms with Crippen LogP contribution in [0.15, 0.2) is 36.5 Å². The van der Waals surface area contributed by atoms with Crippen molar-refractivity contribution in [2.24, 2.45) is 5.92 Å². The van der Waals surface area contributed by atoms with Crippen LogP contribution in [-0.4, -0.2) is 4.57 Å². The zero-order valence-electron chi connectivity index (χ0n) is 8.90. The summed E-state index contributed by atoms with van der Waals surface area (Å²) in [7, 11) is 0. The highest BCUT2D eigenvalue weighted by atomic mass is 15.0. The van der Waals surface area contributed by atoms with Crippen molar-refractivity contribution in [3.8, 4) is 0 Å². The van der Waals surface area contributed by atoms with Gasteiger partial charge in [-0.1, -0.05) is 38.5 Å². The Morgan fingerprint density at radius 3 is 2.79 bits per heavy atom. The maximum Gasteiger partial charge on any atom is 0.0480 e. The van der Waals surface area contributed by atoms with Crippen LogP contribution in [0.1, 0.15) is 20.3 Å². The molecule has 1 heteroatoms. The number of hydrogen-bond donors (Lipinski definition) is 0. The Hall–Kier alpha value is -1.24. The summed E-state index contributed by atoms with van der Waals surface area (Å²) >= 11 is 0.